The number of ketones is 1. The lowest BCUT2D eigenvalue weighted by Gasteiger charge is -2.21. The summed E-state index contributed by atoms with van der Waals surface area (Å²) < 4.78 is 32.7. The Labute approximate surface area is 207 Å². The molecule has 0 radical (unpaired) electrons. The predicted octanol–water partition coefficient (Wildman–Crippen LogP) is 2.26. The lowest BCUT2D eigenvalue weighted by molar-refractivity contribution is -0.307. The van der Waals surface area contributed by atoms with Crippen LogP contribution in [0.15, 0.2) is 66.7 Å². The van der Waals surface area contributed by atoms with Crippen molar-refractivity contribution in [3.05, 3.63) is 89.5 Å². The Kier molecular flexibility index (Phi) is 10.7. The van der Waals surface area contributed by atoms with Crippen LogP contribution < -0.4 is 15.6 Å². The van der Waals surface area contributed by atoms with Crippen LogP contribution in [0.2, 0.25) is 0 Å². The maximum atomic E-state index is 14.2. The normalized spacial score (nSPS) is 10.8. The Morgan fingerprint density at radius 1 is 0.972 bits per heavy atom. The molecule has 0 aliphatic heterocycles. The van der Waals surface area contributed by atoms with E-state index in [1.54, 1.807) is 24.3 Å². The lowest BCUT2D eigenvalue weighted by atomic mass is 9.97. The van der Waals surface area contributed by atoms with Crippen LogP contribution in [0.5, 0.6) is 5.75 Å². The number of carboxylic acids is 1. The Bertz CT molecular complexity index is 1170. The summed E-state index contributed by atoms with van der Waals surface area (Å²) in [5, 5.41) is 27.5. The first-order valence-electron chi connectivity index (χ1n) is 11.1. The Morgan fingerprint density at radius 2 is 1.64 bits per heavy atom. The summed E-state index contributed by atoms with van der Waals surface area (Å²) in [6, 6.07) is 16.2. The van der Waals surface area contributed by atoms with Gasteiger partial charge in [-0.3, -0.25) is 4.79 Å². The number of Topliss-reactive ketones (excluding diaryl/α,β-unsaturated/α-hetero) is 1. The number of carbonyl (C=O) groups is 2. The zero-order chi connectivity index (χ0) is 26.7. The minimum atomic E-state index is -1.36. The molecule has 7 nitrogen and oxygen atoms in total. The minimum Gasteiger partial charge on any atom is -0.546 e. The fourth-order valence-corrected chi connectivity index (χ4v) is 3.03. The number of rotatable bonds is 10. The average Bonchev–Trinajstić information content (AvgIpc) is 2.88. The summed E-state index contributed by atoms with van der Waals surface area (Å²) in [6.07, 6.45) is 0.492. The van der Waals surface area contributed by atoms with E-state index < -0.39 is 35.5 Å². The van der Waals surface area contributed by atoms with E-state index >= 15 is 0 Å². The van der Waals surface area contributed by atoms with Gasteiger partial charge in [0.2, 0.25) is 0 Å². The molecule has 4 N–H and O–H groups in total. The molecule has 0 fully saturated rings. The van der Waals surface area contributed by atoms with Crippen molar-refractivity contribution < 1.29 is 38.4 Å². The van der Waals surface area contributed by atoms with Crippen molar-refractivity contribution in [2.24, 2.45) is 5.73 Å². The van der Waals surface area contributed by atoms with Gasteiger partial charge in [0.25, 0.3) is 0 Å². The summed E-state index contributed by atoms with van der Waals surface area (Å²) in [4.78, 5) is 23.1. The van der Waals surface area contributed by atoms with Crippen molar-refractivity contribution >= 4 is 11.8 Å². The third-order valence-electron chi connectivity index (χ3n) is 5.38. The highest BCUT2D eigenvalue weighted by Crippen LogP contribution is 2.24. The van der Waals surface area contributed by atoms with Crippen molar-refractivity contribution in [3.63, 3.8) is 0 Å². The number of hydrogen-bond donors (Lipinski definition) is 3. The first-order valence-corrected chi connectivity index (χ1v) is 11.1. The molecule has 0 aromatic heterocycles. The summed E-state index contributed by atoms with van der Waals surface area (Å²) in [7, 11) is 0. The zero-order valence-corrected chi connectivity index (χ0v) is 19.7. The first kappa shape index (κ1) is 28.6. The van der Waals surface area contributed by atoms with Crippen molar-refractivity contribution in [1.29, 1.82) is 0 Å². The minimum absolute atomic E-state index is 0.105. The van der Waals surface area contributed by atoms with E-state index in [9.17, 15) is 23.5 Å². The van der Waals surface area contributed by atoms with Crippen LogP contribution >= 0.6 is 0 Å². The van der Waals surface area contributed by atoms with Crippen LogP contribution in [0, 0.1) is 11.6 Å². The molecule has 3 rings (SSSR count). The van der Waals surface area contributed by atoms with Gasteiger partial charge in [-0.25, -0.2) is 8.78 Å². The first-order chi connectivity index (χ1) is 17.1. The lowest BCUT2D eigenvalue weighted by Crippen LogP contribution is -2.46. The van der Waals surface area contributed by atoms with Gasteiger partial charge in [-0.2, -0.15) is 0 Å². The highest BCUT2D eigenvalue weighted by molar-refractivity contribution is 5.98. The quantitative estimate of drug-likeness (QED) is 0.364. The topological polar surface area (TPSA) is 133 Å². The molecule has 0 heterocycles. The number of aliphatic hydroxyl groups excluding tert-OH is 2. The van der Waals surface area contributed by atoms with Crippen LogP contribution in [-0.2, 0) is 11.2 Å². The maximum absolute atomic E-state index is 14.2. The van der Waals surface area contributed by atoms with Gasteiger partial charge in [0.1, 0.15) is 24.0 Å². The van der Waals surface area contributed by atoms with Crippen LogP contribution in [0.3, 0.4) is 0 Å². The number of hydrogen-bond acceptors (Lipinski definition) is 7. The second kappa shape index (κ2) is 13.4. The SMILES string of the molecule is CCC(N)(CO)CO.O=C([O-])COc1cccc(CC(=O)c2cc(-c3cccc(F)c3)ccc2F)c1. The average molecular weight is 501 g/mol. The van der Waals surface area contributed by atoms with E-state index in [1.165, 1.54) is 42.5 Å². The molecule has 3 aromatic carbocycles. The monoisotopic (exact) mass is 500 g/mol. The van der Waals surface area contributed by atoms with E-state index in [4.69, 9.17) is 20.7 Å². The van der Waals surface area contributed by atoms with Crippen molar-refractivity contribution in [2.45, 2.75) is 25.3 Å². The van der Waals surface area contributed by atoms with Crippen LogP contribution in [-0.4, -0.2) is 47.3 Å². The van der Waals surface area contributed by atoms with E-state index in [-0.39, 0.29) is 30.9 Å². The highest BCUT2D eigenvalue weighted by Gasteiger charge is 2.19. The van der Waals surface area contributed by atoms with Crippen molar-refractivity contribution in [2.75, 3.05) is 19.8 Å². The molecule has 0 amide bonds. The molecule has 0 spiro atoms. The van der Waals surface area contributed by atoms with Crippen LogP contribution in [0.25, 0.3) is 11.1 Å². The molecule has 0 aliphatic rings. The Hall–Kier alpha value is -3.66. The number of halogens is 2. The number of carbonyl (C=O) groups excluding carboxylic acids is 2. The Balaban J connectivity index is 0.000000493. The predicted molar refractivity (Wildman–Crippen MR) is 128 cm³/mol. The molecule has 0 saturated heterocycles. The molecular weight excluding hydrogens is 472 g/mol. The molecule has 0 bridgehead atoms. The summed E-state index contributed by atoms with van der Waals surface area (Å²) >= 11 is 0. The zero-order valence-electron chi connectivity index (χ0n) is 19.7. The van der Waals surface area contributed by atoms with Crippen LogP contribution in [0.1, 0.15) is 29.3 Å². The number of aliphatic hydroxyl groups is 2. The van der Waals surface area contributed by atoms with E-state index in [0.29, 0.717) is 23.1 Å². The van der Waals surface area contributed by atoms with Crippen LogP contribution in [0.4, 0.5) is 8.78 Å². The third-order valence-corrected chi connectivity index (χ3v) is 5.38. The van der Waals surface area contributed by atoms with Gasteiger partial charge in [0.05, 0.1) is 30.3 Å². The van der Waals surface area contributed by atoms with Gasteiger partial charge in [-0.15, -0.1) is 0 Å². The standard InChI is InChI=1S/C22H16F2O4.C5H13NO2/c23-17-5-2-4-15(11-17)16-7-8-20(24)19(12-16)21(25)10-14-3-1-6-18(9-14)28-13-22(26)27;1-2-5(6,3-7)4-8/h1-9,11-12H,10,13H2,(H,26,27);7-8H,2-4,6H2,1H3/p-1. The Morgan fingerprint density at radius 3 is 2.22 bits per heavy atom. The summed E-state index contributed by atoms with van der Waals surface area (Å²) in [6.45, 7) is 0.911. The molecule has 36 heavy (non-hydrogen) atoms. The van der Waals surface area contributed by atoms with E-state index in [1.807, 2.05) is 6.92 Å². The number of aliphatic carboxylic acids is 1. The fourth-order valence-electron chi connectivity index (χ4n) is 3.03. The molecular formula is C27H28F2NO6-. The third kappa shape index (κ3) is 8.53. The van der Waals surface area contributed by atoms with Gasteiger partial charge >= 0.3 is 0 Å². The number of carboxylic acid groups (broad SMARTS) is 1. The number of ether oxygens (including phenoxy) is 1. The molecule has 9 heteroatoms. The second-order valence-corrected chi connectivity index (χ2v) is 8.15. The molecule has 0 saturated carbocycles. The largest absolute Gasteiger partial charge is 0.546 e. The number of nitrogens with two attached hydrogens (primary N) is 1. The highest BCUT2D eigenvalue weighted by atomic mass is 19.1. The van der Waals surface area contributed by atoms with Gasteiger partial charge < -0.3 is 30.6 Å². The number of benzene rings is 3. The fraction of sp³-hybridized carbons (Fsp3) is 0.259. The van der Waals surface area contributed by atoms with Gasteiger partial charge in [0, 0.05) is 6.42 Å². The second-order valence-electron chi connectivity index (χ2n) is 8.15. The van der Waals surface area contributed by atoms with Crippen molar-refractivity contribution in [3.8, 4) is 16.9 Å². The molecule has 0 unspecified atom stereocenters. The van der Waals surface area contributed by atoms with E-state index in [0.717, 1.165) is 0 Å². The molecule has 192 valence electrons. The molecule has 0 aliphatic carbocycles. The summed E-state index contributed by atoms with van der Waals surface area (Å²) in [5.41, 5.74) is 6.12. The summed E-state index contributed by atoms with van der Waals surface area (Å²) in [5.74, 6) is -2.66. The molecule has 0 atom stereocenters. The molecule has 3 aromatic rings. The maximum Gasteiger partial charge on any atom is 0.170 e. The van der Waals surface area contributed by atoms with Gasteiger partial charge in [-0.05, 0) is 59.5 Å². The van der Waals surface area contributed by atoms with Crippen molar-refractivity contribution in [1.82, 2.24) is 0 Å². The smallest absolute Gasteiger partial charge is 0.170 e. The van der Waals surface area contributed by atoms with Gasteiger partial charge in [0.15, 0.2) is 5.78 Å². The van der Waals surface area contributed by atoms with E-state index in [2.05, 4.69) is 0 Å². The van der Waals surface area contributed by atoms with Gasteiger partial charge in [-0.1, -0.05) is 37.3 Å².